The highest BCUT2D eigenvalue weighted by atomic mass is 19.4. The molecule has 0 saturated carbocycles. The minimum Gasteiger partial charge on any atom is -0.230 e. The molecule has 0 aliphatic carbocycles. The van der Waals surface area contributed by atoms with E-state index in [0.29, 0.717) is 0 Å². The summed E-state index contributed by atoms with van der Waals surface area (Å²) in [4.78, 5) is 0. The molecule has 0 aromatic carbocycles. The highest BCUT2D eigenvalue weighted by molar-refractivity contribution is 5.18. The van der Waals surface area contributed by atoms with Gasteiger partial charge in [-0.25, -0.2) is 4.39 Å². The summed E-state index contributed by atoms with van der Waals surface area (Å²) in [6.45, 7) is 0. The van der Waals surface area contributed by atoms with Crippen LogP contribution in [0.3, 0.4) is 0 Å². The van der Waals surface area contributed by atoms with Crippen molar-refractivity contribution < 1.29 is 110 Å². The van der Waals surface area contributed by atoms with Crippen molar-refractivity contribution >= 4 is 0 Å². The number of halogens is 25. The molecule has 0 spiro atoms. The van der Waals surface area contributed by atoms with Gasteiger partial charge in [-0.15, -0.1) is 0 Å². The monoisotopic (exact) mass is 620 g/mol. The van der Waals surface area contributed by atoms with Gasteiger partial charge in [0.25, 0.3) is 6.17 Å². The fourth-order valence-corrected chi connectivity index (χ4v) is 1.94. The van der Waals surface area contributed by atoms with Crippen molar-refractivity contribution in [3.63, 3.8) is 0 Å². The van der Waals surface area contributed by atoms with E-state index in [1.54, 1.807) is 0 Å². The van der Waals surface area contributed by atoms with Crippen LogP contribution in [0.1, 0.15) is 0 Å². The smallest absolute Gasteiger partial charge is 0.230 e. The molecule has 0 fully saturated rings. The summed E-state index contributed by atoms with van der Waals surface area (Å²) in [6.07, 6.45) is -22.3. The van der Waals surface area contributed by atoms with E-state index in [0.717, 1.165) is 0 Å². The maximum atomic E-state index is 13.3. The predicted octanol–water partition coefficient (Wildman–Crippen LogP) is 8.17. The van der Waals surface area contributed by atoms with Crippen molar-refractivity contribution in [2.75, 3.05) is 0 Å². The zero-order valence-electron chi connectivity index (χ0n) is 15.5. The fourth-order valence-electron chi connectivity index (χ4n) is 1.94. The van der Waals surface area contributed by atoms with Crippen LogP contribution >= 0.6 is 0 Å². The van der Waals surface area contributed by atoms with Crippen LogP contribution in [-0.4, -0.2) is 71.8 Å². The van der Waals surface area contributed by atoms with E-state index in [9.17, 15) is 110 Å². The molecule has 0 radical (unpaired) electrons. The van der Waals surface area contributed by atoms with E-state index in [1.807, 2.05) is 0 Å². The molecular weight excluding hydrogens is 619 g/mol. The van der Waals surface area contributed by atoms with Gasteiger partial charge in [0.15, 0.2) is 0 Å². The van der Waals surface area contributed by atoms with Gasteiger partial charge in [-0.2, -0.15) is 105 Å². The predicted molar refractivity (Wildman–Crippen MR) is 61.5 cm³/mol. The van der Waals surface area contributed by atoms with E-state index in [-0.39, 0.29) is 0 Å². The molecule has 1 atom stereocenters. The van der Waals surface area contributed by atoms with Crippen molar-refractivity contribution in [3.8, 4) is 0 Å². The Bertz CT molecular complexity index is 822. The lowest BCUT2D eigenvalue weighted by Crippen LogP contribution is -2.77. The van der Waals surface area contributed by atoms with Crippen LogP contribution in [0.4, 0.5) is 110 Å². The summed E-state index contributed by atoms with van der Waals surface area (Å²) in [7, 11) is 0. The lowest BCUT2D eigenvalue weighted by Gasteiger charge is -2.44. The first-order valence-corrected chi connectivity index (χ1v) is 7.58. The van der Waals surface area contributed by atoms with E-state index in [4.69, 9.17) is 0 Å². The Morgan fingerprint density at radius 3 is 0.649 bits per heavy atom. The van der Waals surface area contributed by atoms with Gasteiger partial charge in [0.2, 0.25) is 0 Å². The summed E-state index contributed by atoms with van der Waals surface area (Å²) in [5.74, 6) is -82.1. The lowest BCUT2D eigenvalue weighted by molar-refractivity contribution is -0.476. The van der Waals surface area contributed by atoms with Gasteiger partial charge in [0, 0.05) is 0 Å². The van der Waals surface area contributed by atoms with E-state index in [2.05, 4.69) is 0 Å². The molecule has 0 aromatic heterocycles. The fraction of sp³-hybridized carbons (Fsp3) is 1.00. The first-order chi connectivity index (χ1) is 15.4. The summed E-state index contributed by atoms with van der Waals surface area (Å²) in [5.41, 5.74) is 0. The second-order valence-electron chi connectivity index (χ2n) is 6.62. The number of hydrogen-bond donors (Lipinski definition) is 0. The van der Waals surface area contributed by atoms with E-state index < -0.39 is 71.8 Å². The molecule has 0 aliphatic heterocycles. The Morgan fingerprint density at radius 2 is 0.459 bits per heavy atom. The lowest BCUT2D eigenvalue weighted by atomic mass is 9.85. The van der Waals surface area contributed by atoms with E-state index in [1.165, 1.54) is 0 Å². The summed E-state index contributed by atoms with van der Waals surface area (Å²) in [5, 5.41) is 0. The number of alkyl halides is 25. The van der Waals surface area contributed by atoms with Crippen LogP contribution in [-0.2, 0) is 0 Å². The van der Waals surface area contributed by atoms with Crippen molar-refractivity contribution in [1.82, 2.24) is 0 Å². The minimum atomic E-state index is -9.51. The second-order valence-corrected chi connectivity index (χ2v) is 6.62. The molecule has 224 valence electrons. The van der Waals surface area contributed by atoms with Crippen molar-refractivity contribution in [2.24, 2.45) is 0 Å². The third-order valence-electron chi connectivity index (χ3n) is 4.14. The van der Waals surface area contributed by atoms with Crippen molar-refractivity contribution in [1.29, 1.82) is 0 Å². The minimum absolute atomic E-state index is 6.73. The van der Waals surface area contributed by atoms with Crippen LogP contribution in [0.5, 0.6) is 0 Å². The van der Waals surface area contributed by atoms with Crippen LogP contribution in [0.25, 0.3) is 0 Å². The Labute approximate surface area is 183 Å². The second kappa shape index (κ2) is 8.37. The highest BCUT2D eigenvalue weighted by Gasteiger charge is 2.98. The Hall–Kier alpha value is -1.75. The molecular formula is C12HF25. The molecule has 0 saturated heterocycles. The van der Waals surface area contributed by atoms with Crippen LogP contribution < -0.4 is 0 Å². The zero-order chi connectivity index (χ0) is 31.1. The van der Waals surface area contributed by atoms with Gasteiger partial charge in [-0.05, 0) is 0 Å². The maximum absolute atomic E-state index is 13.3. The average Bonchev–Trinajstić information content (AvgIpc) is 2.64. The van der Waals surface area contributed by atoms with Gasteiger partial charge in [0.1, 0.15) is 0 Å². The summed E-state index contributed by atoms with van der Waals surface area (Å²) in [6, 6.07) is 0. The topological polar surface area (TPSA) is 0 Å². The standard InChI is InChI=1S/C12HF25/c13-1(3(16,17)18)2(14,15)4(19,20)5(21,22)6(23,24)7(25,26)8(27,28)9(29,30)10(31,32)11(33,34)12(35,36)37/h1H. The van der Waals surface area contributed by atoms with Crippen LogP contribution in [0, 0.1) is 0 Å². The normalized spacial score (nSPS) is 17.8. The van der Waals surface area contributed by atoms with Crippen molar-refractivity contribution in [2.45, 2.75) is 71.8 Å². The molecule has 25 heteroatoms. The first-order valence-electron chi connectivity index (χ1n) is 7.58. The Kier molecular flexibility index (Phi) is 7.98. The third kappa shape index (κ3) is 4.28. The maximum Gasteiger partial charge on any atom is 0.460 e. The molecule has 0 aliphatic rings. The molecule has 0 nitrogen and oxygen atoms in total. The quantitative estimate of drug-likeness (QED) is 0.229. The molecule has 0 aromatic rings. The Morgan fingerprint density at radius 1 is 0.270 bits per heavy atom. The third-order valence-corrected chi connectivity index (χ3v) is 4.14. The molecule has 0 amide bonds. The number of hydrogen-bond acceptors (Lipinski definition) is 0. The summed E-state index contributed by atoms with van der Waals surface area (Å²) >= 11 is 0. The largest absolute Gasteiger partial charge is 0.460 e. The van der Waals surface area contributed by atoms with Gasteiger partial charge < -0.3 is 0 Å². The Balaban J connectivity index is 7.17. The molecule has 37 heavy (non-hydrogen) atoms. The van der Waals surface area contributed by atoms with Gasteiger partial charge in [-0.3, -0.25) is 0 Å². The molecule has 1 unspecified atom stereocenters. The van der Waals surface area contributed by atoms with Crippen LogP contribution in [0.15, 0.2) is 0 Å². The summed E-state index contributed by atoms with van der Waals surface area (Å²) < 4.78 is 319. The molecule has 0 bridgehead atoms. The van der Waals surface area contributed by atoms with Crippen molar-refractivity contribution in [3.05, 3.63) is 0 Å². The van der Waals surface area contributed by atoms with Gasteiger partial charge >= 0.3 is 65.7 Å². The van der Waals surface area contributed by atoms with E-state index >= 15 is 0 Å². The molecule has 0 rings (SSSR count). The van der Waals surface area contributed by atoms with Crippen LogP contribution in [0.2, 0.25) is 0 Å². The average molecular weight is 620 g/mol. The zero-order valence-corrected chi connectivity index (χ0v) is 15.5. The molecule has 0 N–H and O–H groups in total. The highest BCUT2D eigenvalue weighted by Crippen LogP contribution is 2.66. The van der Waals surface area contributed by atoms with Gasteiger partial charge in [0.05, 0.1) is 0 Å². The number of rotatable bonds is 9. The first kappa shape index (κ1) is 35.2. The van der Waals surface area contributed by atoms with Gasteiger partial charge in [-0.1, -0.05) is 0 Å². The molecule has 0 heterocycles. The SMILES string of the molecule is FC(C(F)(F)F)C(F)(F)C(F)(F)C(F)(F)C(F)(F)C(F)(F)C(F)(F)C(F)(F)C(F)(F)C(F)(F)C(F)(F)F.